The maximum absolute atomic E-state index is 12.7. The molecule has 0 saturated heterocycles. The Kier molecular flexibility index (Phi) is 5.03. The predicted molar refractivity (Wildman–Crippen MR) is 103 cm³/mol. The van der Waals surface area contributed by atoms with Crippen LogP contribution in [-0.2, 0) is 6.54 Å². The van der Waals surface area contributed by atoms with E-state index in [9.17, 15) is 14.9 Å². The van der Waals surface area contributed by atoms with Gasteiger partial charge in [0.15, 0.2) is 0 Å². The Morgan fingerprint density at radius 2 is 1.81 bits per heavy atom. The molecule has 138 valence electrons. The highest BCUT2D eigenvalue weighted by Gasteiger charge is 2.20. The molecule has 2 aromatic carbocycles. The molecule has 0 bridgehead atoms. The van der Waals surface area contributed by atoms with Gasteiger partial charge < -0.3 is 5.32 Å². The SMILES string of the molecule is Cc1nn(Cc2ccccc2)c(C)c1NC(=O)c1cccc([N+](=O)[O-])c1C. The average molecular weight is 364 g/mol. The summed E-state index contributed by atoms with van der Waals surface area (Å²) in [5.41, 5.74) is 3.80. The first-order valence-corrected chi connectivity index (χ1v) is 8.51. The highest BCUT2D eigenvalue weighted by atomic mass is 16.6. The molecule has 0 saturated carbocycles. The van der Waals surface area contributed by atoms with Crippen LogP contribution in [0.15, 0.2) is 48.5 Å². The molecule has 1 N–H and O–H groups in total. The highest BCUT2D eigenvalue weighted by molar-refractivity contribution is 6.06. The van der Waals surface area contributed by atoms with Crippen LogP contribution in [0.3, 0.4) is 0 Å². The van der Waals surface area contributed by atoms with Gasteiger partial charge in [0.1, 0.15) is 0 Å². The standard InChI is InChI=1S/C20H20N4O3/c1-13-17(10-7-11-18(13)24(26)27)20(25)21-19-14(2)22-23(15(19)3)12-16-8-5-4-6-9-16/h4-11H,12H2,1-3H3,(H,21,25). The van der Waals surface area contributed by atoms with Gasteiger partial charge in [0, 0.05) is 17.2 Å². The number of nitro groups is 1. The van der Waals surface area contributed by atoms with Crippen molar-refractivity contribution in [2.45, 2.75) is 27.3 Å². The van der Waals surface area contributed by atoms with Gasteiger partial charge in [-0.1, -0.05) is 36.4 Å². The monoisotopic (exact) mass is 364 g/mol. The minimum absolute atomic E-state index is 0.0733. The third kappa shape index (κ3) is 3.72. The van der Waals surface area contributed by atoms with E-state index < -0.39 is 4.92 Å². The molecule has 27 heavy (non-hydrogen) atoms. The summed E-state index contributed by atoms with van der Waals surface area (Å²) >= 11 is 0. The van der Waals surface area contributed by atoms with E-state index in [1.165, 1.54) is 12.1 Å². The van der Waals surface area contributed by atoms with Gasteiger partial charge in [0.05, 0.1) is 28.5 Å². The average Bonchev–Trinajstić information content (AvgIpc) is 2.90. The Morgan fingerprint density at radius 3 is 2.48 bits per heavy atom. The Labute approximate surface area is 156 Å². The third-order valence-electron chi connectivity index (χ3n) is 4.54. The number of aromatic nitrogens is 2. The normalized spacial score (nSPS) is 10.6. The van der Waals surface area contributed by atoms with Crippen molar-refractivity contribution in [2.24, 2.45) is 0 Å². The van der Waals surface area contributed by atoms with Crippen molar-refractivity contribution in [3.05, 3.63) is 86.7 Å². The summed E-state index contributed by atoms with van der Waals surface area (Å²) in [7, 11) is 0. The quantitative estimate of drug-likeness (QED) is 0.547. The van der Waals surface area contributed by atoms with E-state index in [1.807, 2.05) is 48.9 Å². The molecular formula is C20H20N4O3. The lowest BCUT2D eigenvalue weighted by Crippen LogP contribution is -2.15. The van der Waals surface area contributed by atoms with Gasteiger partial charge in [-0.25, -0.2) is 0 Å². The van der Waals surface area contributed by atoms with Gasteiger partial charge in [-0.2, -0.15) is 5.10 Å². The number of rotatable bonds is 5. The summed E-state index contributed by atoms with van der Waals surface area (Å²) in [4.78, 5) is 23.3. The molecular weight excluding hydrogens is 344 g/mol. The topological polar surface area (TPSA) is 90.1 Å². The van der Waals surface area contributed by atoms with Crippen molar-refractivity contribution in [2.75, 3.05) is 5.32 Å². The lowest BCUT2D eigenvalue weighted by molar-refractivity contribution is -0.385. The molecule has 0 aliphatic heterocycles. The number of carbonyl (C=O) groups is 1. The summed E-state index contributed by atoms with van der Waals surface area (Å²) in [6, 6.07) is 14.4. The van der Waals surface area contributed by atoms with E-state index in [2.05, 4.69) is 10.4 Å². The van der Waals surface area contributed by atoms with Crippen molar-refractivity contribution in [3.63, 3.8) is 0 Å². The van der Waals surface area contributed by atoms with Crippen LogP contribution in [0.25, 0.3) is 0 Å². The van der Waals surface area contributed by atoms with Gasteiger partial charge >= 0.3 is 0 Å². The number of nitro benzene ring substituents is 1. The van der Waals surface area contributed by atoms with Crippen LogP contribution < -0.4 is 5.32 Å². The van der Waals surface area contributed by atoms with Crippen LogP contribution in [0.1, 0.15) is 32.9 Å². The first kappa shape index (κ1) is 18.3. The highest BCUT2D eigenvalue weighted by Crippen LogP contribution is 2.25. The summed E-state index contributed by atoms with van der Waals surface area (Å²) in [5.74, 6) is -0.387. The molecule has 1 aromatic heterocycles. The zero-order valence-corrected chi connectivity index (χ0v) is 15.4. The summed E-state index contributed by atoms with van der Waals surface area (Å²) < 4.78 is 1.83. The molecule has 0 aliphatic rings. The minimum Gasteiger partial charge on any atom is -0.319 e. The molecule has 0 spiro atoms. The molecule has 7 nitrogen and oxygen atoms in total. The summed E-state index contributed by atoms with van der Waals surface area (Å²) in [5, 5.41) is 18.5. The van der Waals surface area contributed by atoms with Gasteiger partial charge in [0.2, 0.25) is 0 Å². The van der Waals surface area contributed by atoms with E-state index in [-0.39, 0.29) is 17.2 Å². The van der Waals surface area contributed by atoms with Gasteiger partial charge in [-0.15, -0.1) is 0 Å². The van der Waals surface area contributed by atoms with E-state index >= 15 is 0 Å². The molecule has 0 aliphatic carbocycles. The van der Waals surface area contributed by atoms with Gasteiger partial charge in [0.25, 0.3) is 11.6 Å². The fraction of sp³-hybridized carbons (Fsp3) is 0.200. The van der Waals surface area contributed by atoms with E-state index in [4.69, 9.17) is 0 Å². The van der Waals surface area contributed by atoms with Crippen LogP contribution >= 0.6 is 0 Å². The van der Waals surface area contributed by atoms with Crippen LogP contribution in [-0.4, -0.2) is 20.6 Å². The van der Waals surface area contributed by atoms with E-state index in [0.717, 1.165) is 11.3 Å². The maximum atomic E-state index is 12.7. The number of benzene rings is 2. The lowest BCUT2D eigenvalue weighted by atomic mass is 10.1. The molecule has 1 amide bonds. The van der Waals surface area contributed by atoms with E-state index in [0.29, 0.717) is 23.5 Å². The second-order valence-corrected chi connectivity index (χ2v) is 6.35. The zero-order chi connectivity index (χ0) is 19.6. The number of nitrogens with zero attached hydrogens (tertiary/aromatic N) is 3. The van der Waals surface area contributed by atoms with Crippen LogP contribution in [0.5, 0.6) is 0 Å². The first-order chi connectivity index (χ1) is 12.9. The lowest BCUT2D eigenvalue weighted by Gasteiger charge is -2.09. The van der Waals surface area contributed by atoms with Crippen LogP contribution in [0.2, 0.25) is 0 Å². The Balaban J connectivity index is 1.87. The minimum atomic E-state index is -0.486. The van der Waals surface area contributed by atoms with Crippen molar-refractivity contribution < 1.29 is 9.72 Å². The number of nitrogens with one attached hydrogen (secondary N) is 1. The molecule has 1 heterocycles. The second-order valence-electron chi connectivity index (χ2n) is 6.35. The number of amides is 1. The maximum Gasteiger partial charge on any atom is 0.273 e. The second kappa shape index (κ2) is 7.41. The molecule has 0 fully saturated rings. The summed E-state index contributed by atoms with van der Waals surface area (Å²) in [6.07, 6.45) is 0. The Morgan fingerprint density at radius 1 is 1.11 bits per heavy atom. The fourth-order valence-electron chi connectivity index (χ4n) is 3.04. The molecule has 3 aromatic rings. The molecule has 3 rings (SSSR count). The van der Waals surface area contributed by atoms with E-state index in [1.54, 1.807) is 13.0 Å². The van der Waals surface area contributed by atoms with Crippen molar-refractivity contribution >= 4 is 17.3 Å². The van der Waals surface area contributed by atoms with Crippen molar-refractivity contribution in [1.29, 1.82) is 0 Å². The Bertz CT molecular complexity index is 1010. The van der Waals surface area contributed by atoms with Crippen LogP contribution in [0, 0.1) is 30.9 Å². The van der Waals surface area contributed by atoms with Crippen molar-refractivity contribution in [1.82, 2.24) is 9.78 Å². The molecule has 0 unspecified atom stereocenters. The number of hydrogen-bond donors (Lipinski definition) is 1. The largest absolute Gasteiger partial charge is 0.319 e. The first-order valence-electron chi connectivity index (χ1n) is 8.51. The van der Waals surface area contributed by atoms with Crippen molar-refractivity contribution in [3.8, 4) is 0 Å². The zero-order valence-electron chi connectivity index (χ0n) is 15.4. The summed E-state index contributed by atoms with van der Waals surface area (Å²) in [6.45, 7) is 5.88. The smallest absolute Gasteiger partial charge is 0.273 e. The number of carbonyl (C=O) groups excluding carboxylic acids is 1. The third-order valence-corrected chi connectivity index (χ3v) is 4.54. The molecule has 0 atom stereocenters. The number of anilines is 1. The predicted octanol–water partition coefficient (Wildman–Crippen LogP) is 4.02. The number of aryl methyl sites for hydroxylation is 1. The fourth-order valence-corrected chi connectivity index (χ4v) is 3.04. The number of hydrogen-bond acceptors (Lipinski definition) is 4. The Hall–Kier alpha value is -3.48. The van der Waals surface area contributed by atoms with Gasteiger partial charge in [-0.05, 0) is 32.4 Å². The van der Waals surface area contributed by atoms with Gasteiger partial charge in [-0.3, -0.25) is 19.6 Å². The molecule has 0 radical (unpaired) electrons. The molecule has 7 heteroatoms. The van der Waals surface area contributed by atoms with Crippen LogP contribution in [0.4, 0.5) is 11.4 Å².